The molecule has 0 aliphatic rings. The fourth-order valence-corrected chi connectivity index (χ4v) is 1.41. The molecule has 6 heteroatoms. The molecule has 0 unspecified atom stereocenters. The molecule has 0 aliphatic carbocycles. The van der Waals surface area contributed by atoms with Crippen molar-refractivity contribution in [1.82, 2.24) is 5.32 Å². The second-order valence-corrected chi connectivity index (χ2v) is 4.46. The molecule has 100 valence electrons. The lowest BCUT2D eigenvalue weighted by Gasteiger charge is -2.20. The van der Waals surface area contributed by atoms with Crippen LogP contribution >= 0.6 is 0 Å². The Labute approximate surface area is 102 Å². The van der Waals surface area contributed by atoms with E-state index in [0.29, 0.717) is 13.0 Å². The van der Waals surface area contributed by atoms with Gasteiger partial charge in [-0.25, -0.2) is 4.79 Å². The van der Waals surface area contributed by atoms with Gasteiger partial charge >= 0.3 is 5.97 Å². The molecule has 0 saturated heterocycles. The molecule has 0 spiro atoms. The zero-order chi connectivity index (χ0) is 13.4. The lowest BCUT2D eigenvalue weighted by atomic mass is 10.0. The Hall–Kier alpha value is -1.14. The summed E-state index contributed by atoms with van der Waals surface area (Å²) in [5.74, 6) is -1.63. The minimum atomic E-state index is -1.04. The van der Waals surface area contributed by atoms with Crippen molar-refractivity contribution < 1.29 is 14.7 Å². The van der Waals surface area contributed by atoms with Crippen molar-refractivity contribution in [3.63, 3.8) is 0 Å². The number of hydrogen-bond donors (Lipinski definition) is 4. The molecule has 6 nitrogen and oxygen atoms in total. The lowest BCUT2D eigenvalue weighted by molar-refractivity contribution is -0.143. The number of carboxylic acids is 1. The number of carbonyl (C=O) groups excluding carboxylic acids is 1. The first kappa shape index (κ1) is 15.9. The number of unbranched alkanes of at least 4 members (excludes halogenated alkanes) is 1. The van der Waals surface area contributed by atoms with E-state index < -0.39 is 24.0 Å². The smallest absolute Gasteiger partial charge is 0.326 e. The maximum atomic E-state index is 11.6. The molecule has 0 aromatic rings. The number of nitrogens with two attached hydrogens (primary N) is 2. The van der Waals surface area contributed by atoms with Crippen LogP contribution in [0.25, 0.3) is 0 Å². The number of carbonyl (C=O) groups is 2. The summed E-state index contributed by atoms with van der Waals surface area (Å²) in [6.07, 6.45) is 2.10. The molecule has 0 rings (SSSR count). The van der Waals surface area contributed by atoms with Crippen LogP contribution in [0.4, 0.5) is 0 Å². The number of amides is 1. The van der Waals surface area contributed by atoms with Gasteiger partial charge in [0.2, 0.25) is 5.91 Å². The Kier molecular flexibility index (Phi) is 7.49. The molecule has 0 aliphatic heterocycles. The zero-order valence-electron chi connectivity index (χ0n) is 10.5. The first-order valence-corrected chi connectivity index (χ1v) is 5.89. The van der Waals surface area contributed by atoms with Crippen molar-refractivity contribution in [2.75, 3.05) is 6.54 Å². The SMILES string of the molecule is CC(C)[C@@H](NC(=O)[C@H](N)CCCCN)C(=O)O. The van der Waals surface area contributed by atoms with Crippen LogP contribution in [0.2, 0.25) is 0 Å². The third kappa shape index (κ3) is 6.23. The van der Waals surface area contributed by atoms with Gasteiger partial charge in [-0.3, -0.25) is 4.79 Å². The molecule has 0 heterocycles. The Balaban J connectivity index is 4.16. The third-order valence-electron chi connectivity index (χ3n) is 2.54. The Morgan fingerprint density at radius 3 is 2.29 bits per heavy atom. The van der Waals surface area contributed by atoms with E-state index in [0.717, 1.165) is 12.8 Å². The van der Waals surface area contributed by atoms with Gasteiger partial charge in [0.05, 0.1) is 6.04 Å². The minimum Gasteiger partial charge on any atom is -0.480 e. The van der Waals surface area contributed by atoms with Crippen molar-refractivity contribution in [2.45, 2.75) is 45.2 Å². The number of nitrogens with one attached hydrogen (secondary N) is 1. The fourth-order valence-electron chi connectivity index (χ4n) is 1.41. The maximum absolute atomic E-state index is 11.6. The van der Waals surface area contributed by atoms with Gasteiger partial charge in [0.15, 0.2) is 0 Å². The summed E-state index contributed by atoms with van der Waals surface area (Å²) >= 11 is 0. The van der Waals surface area contributed by atoms with Gasteiger partial charge < -0.3 is 21.9 Å². The summed E-state index contributed by atoms with van der Waals surface area (Å²) in [5, 5.41) is 11.4. The molecule has 17 heavy (non-hydrogen) atoms. The lowest BCUT2D eigenvalue weighted by Crippen LogP contribution is -2.50. The van der Waals surface area contributed by atoms with Gasteiger partial charge in [-0.15, -0.1) is 0 Å². The topological polar surface area (TPSA) is 118 Å². The quantitative estimate of drug-likeness (QED) is 0.437. The predicted molar refractivity (Wildman–Crippen MR) is 65.3 cm³/mol. The van der Waals surface area contributed by atoms with Gasteiger partial charge in [0, 0.05) is 0 Å². The highest BCUT2D eigenvalue weighted by Crippen LogP contribution is 2.04. The Bertz CT molecular complexity index is 256. The van der Waals surface area contributed by atoms with Gasteiger partial charge in [-0.05, 0) is 25.3 Å². The number of rotatable bonds is 8. The average Bonchev–Trinajstić information content (AvgIpc) is 2.24. The Morgan fingerprint density at radius 2 is 1.88 bits per heavy atom. The normalized spacial score (nSPS) is 14.4. The molecule has 0 bridgehead atoms. The van der Waals surface area contributed by atoms with Crippen LogP contribution in [0.15, 0.2) is 0 Å². The molecule has 0 fully saturated rings. The van der Waals surface area contributed by atoms with Crippen LogP contribution in [0.1, 0.15) is 33.1 Å². The van der Waals surface area contributed by atoms with E-state index in [1.165, 1.54) is 0 Å². The van der Waals surface area contributed by atoms with Crippen LogP contribution in [0.5, 0.6) is 0 Å². The summed E-state index contributed by atoms with van der Waals surface area (Å²) in [6.45, 7) is 4.04. The highest BCUT2D eigenvalue weighted by atomic mass is 16.4. The summed E-state index contributed by atoms with van der Waals surface area (Å²) in [5.41, 5.74) is 11.0. The fraction of sp³-hybridized carbons (Fsp3) is 0.818. The molecule has 0 saturated carbocycles. The zero-order valence-corrected chi connectivity index (χ0v) is 10.5. The predicted octanol–water partition coefficient (Wildman–Crippen LogP) is -0.332. The van der Waals surface area contributed by atoms with Crippen molar-refractivity contribution in [3.05, 3.63) is 0 Å². The van der Waals surface area contributed by atoms with Crippen LogP contribution in [-0.4, -0.2) is 35.6 Å². The molecular formula is C11H23N3O3. The van der Waals surface area contributed by atoms with Gasteiger partial charge in [-0.2, -0.15) is 0 Å². The van der Waals surface area contributed by atoms with Crippen LogP contribution in [0, 0.1) is 5.92 Å². The minimum absolute atomic E-state index is 0.173. The van der Waals surface area contributed by atoms with E-state index in [1.807, 2.05) is 0 Å². The van der Waals surface area contributed by atoms with Gasteiger partial charge in [0.25, 0.3) is 0 Å². The Morgan fingerprint density at radius 1 is 1.29 bits per heavy atom. The number of carboxylic acid groups (broad SMARTS) is 1. The first-order chi connectivity index (χ1) is 7.90. The van der Waals surface area contributed by atoms with E-state index in [9.17, 15) is 9.59 Å². The molecule has 2 atom stereocenters. The third-order valence-corrected chi connectivity index (χ3v) is 2.54. The molecule has 0 aromatic heterocycles. The summed E-state index contributed by atoms with van der Waals surface area (Å²) in [4.78, 5) is 22.5. The van der Waals surface area contributed by atoms with E-state index in [2.05, 4.69) is 5.32 Å². The van der Waals surface area contributed by atoms with Crippen molar-refractivity contribution in [3.8, 4) is 0 Å². The molecule has 0 radical (unpaired) electrons. The van der Waals surface area contributed by atoms with Crippen molar-refractivity contribution in [2.24, 2.45) is 17.4 Å². The highest BCUT2D eigenvalue weighted by Gasteiger charge is 2.25. The van der Waals surface area contributed by atoms with Crippen LogP contribution in [0.3, 0.4) is 0 Å². The van der Waals surface area contributed by atoms with Gasteiger partial charge in [0.1, 0.15) is 6.04 Å². The van der Waals surface area contributed by atoms with Crippen molar-refractivity contribution in [1.29, 1.82) is 0 Å². The molecule has 0 aromatic carbocycles. The van der Waals surface area contributed by atoms with Gasteiger partial charge in [-0.1, -0.05) is 20.3 Å². The highest BCUT2D eigenvalue weighted by molar-refractivity contribution is 5.86. The first-order valence-electron chi connectivity index (χ1n) is 5.89. The maximum Gasteiger partial charge on any atom is 0.326 e. The van der Waals surface area contributed by atoms with E-state index in [4.69, 9.17) is 16.6 Å². The van der Waals surface area contributed by atoms with Crippen LogP contribution in [-0.2, 0) is 9.59 Å². The molecule has 1 amide bonds. The summed E-state index contributed by atoms with van der Waals surface area (Å²) in [7, 11) is 0. The van der Waals surface area contributed by atoms with Crippen LogP contribution < -0.4 is 16.8 Å². The summed E-state index contributed by atoms with van der Waals surface area (Å²) in [6, 6.07) is -1.55. The largest absolute Gasteiger partial charge is 0.480 e. The van der Waals surface area contributed by atoms with E-state index >= 15 is 0 Å². The molecule has 6 N–H and O–H groups in total. The van der Waals surface area contributed by atoms with Crippen molar-refractivity contribution >= 4 is 11.9 Å². The van der Waals surface area contributed by atoms with E-state index in [1.54, 1.807) is 13.8 Å². The second kappa shape index (κ2) is 8.03. The number of hydrogen-bond acceptors (Lipinski definition) is 4. The van der Waals surface area contributed by atoms with E-state index in [-0.39, 0.29) is 5.92 Å². The monoisotopic (exact) mass is 245 g/mol. The second-order valence-electron chi connectivity index (χ2n) is 4.46. The standard InChI is InChI=1S/C11H23N3O3/c1-7(2)9(11(16)17)14-10(15)8(13)5-3-4-6-12/h7-9H,3-6,12-13H2,1-2H3,(H,14,15)(H,16,17)/t8-,9-/m1/s1. The molecular weight excluding hydrogens is 222 g/mol. The number of aliphatic carboxylic acids is 1. The average molecular weight is 245 g/mol. The summed E-state index contributed by atoms with van der Waals surface area (Å²) < 4.78 is 0.